The molecule has 1 saturated carbocycles. The van der Waals surface area contributed by atoms with Crippen LogP contribution in [0.25, 0.3) is 28.1 Å². The smallest absolute Gasteiger partial charge is 0.171 e. The van der Waals surface area contributed by atoms with E-state index in [4.69, 9.17) is 0 Å². The number of pyridine rings is 1. The molecule has 1 atom stereocenters. The van der Waals surface area contributed by atoms with Crippen molar-refractivity contribution in [3.8, 4) is 17.1 Å². The minimum absolute atomic E-state index is 0.622. The van der Waals surface area contributed by atoms with Gasteiger partial charge in [0.25, 0.3) is 0 Å². The summed E-state index contributed by atoms with van der Waals surface area (Å²) in [6.07, 6.45) is 7.43. The van der Waals surface area contributed by atoms with Gasteiger partial charge in [-0.25, -0.2) is 9.67 Å². The molecule has 0 amide bonds. The van der Waals surface area contributed by atoms with E-state index in [1.54, 1.807) is 23.4 Å². The molecule has 1 fully saturated rings. The summed E-state index contributed by atoms with van der Waals surface area (Å²) in [5, 5.41) is 13.2. The molecule has 0 bridgehead atoms. The number of fused-ring (bicyclic) bond motifs is 1. The molecule has 26 heavy (non-hydrogen) atoms. The third-order valence-corrected chi connectivity index (χ3v) is 6.06. The molecule has 0 saturated heterocycles. The summed E-state index contributed by atoms with van der Waals surface area (Å²) in [7, 11) is 0. The van der Waals surface area contributed by atoms with Crippen molar-refractivity contribution in [3.63, 3.8) is 0 Å². The SMILES string of the molecule is [O-][S+](CC1CC1)c1cnc2c(cnn2-c2ccc(-c3nnc[nH]3)cc2)c1. The van der Waals surface area contributed by atoms with Crippen molar-refractivity contribution in [2.45, 2.75) is 17.7 Å². The maximum Gasteiger partial charge on any atom is 0.171 e. The van der Waals surface area contributed by atoms with Crippen LogP contribution in [0, 0.1) is 5.92 Å². The van der Waals surface area contributed by atoms with Crippen LogP contribution in [0.4, 0.5) is 0 Å². The Kier molecular flexibility index (Phi) is 3.72. The van der Waals surface area contributed by atoms with Gasteiger partial charge in [0.05, 0.1) is 18.1 Å². The van der Waals surface area contributed by atoms with Crippen LogP contribution in [0.2, 0.25) is 0 Å². The molecule has 1 aliphatic rings. The molecule has 1 aromatic carbocycles. The third kappa shape index (κ3) is 2.87. The first-order valence-electron chi connectivity index (χ1n) is 8.47. The maximum absolute atomic E-state index is 12.4. The molecule has 7 nitrogen and oxygen atoms in total. The standard InChI is InChI=1S/C18H16N6OS/c25-26(10-12-1-2-12)16-7-14-8-22-24(18(14)19-9-16)15-5-3-13(4-6-15)17-20-11-21-23-17/h3-9,11-12H,1-2,10H2,(H,20,21,23). The van der Waals surface area contributed by atoms with Gasteiger partial charge in [-0.15, -0.1) is 10.2 Å². The Balaban J connectivity index is 1.45. The molecule has 8 heteroatoms. The molecule has 1 unspecified atom stereocenters. The Hall–Kier alpha value is -2.71. The van der Waals surface area contributed by atoms with Crippen molar-refractivity contribution in [2.75, 3.05) is 5.75 Å². The van der Waals surface area contributed by atoms with Crippen LogP contribution < -0.4 is 0 Å². The van der Waals surface area contributed by atoms with E-state index < -0.39 is 11.2 Å². The van der Waals surface area contributed by atoms with Crippen molar-refractivity contribution in [3.05, 3.63) is 49.1 Å². The van der Waals surface area contributed by atoms with E-state index in [1.165, 1.54) is 12.8 Å². The van der Waals surface area contributed by atoms with Gasteiger partial charge >= 0.3 is 0 Å². The highest BCUT2D eigenvalue weighted by Crippen LogP contribution is 2.32. The summed E-state index contributed by atoms with van der Waals surface area (Å²) in [4.78, 5) is 8.29. The number of aromatic amines is 1. The molecular formula is C18H16N6OS. The number of rotatable bonds is 5. The minimum atomic E-state index is -0.978. The predicted molar refractivity (Wildman–Crippen MR) is 98.2 cm³/mol. The minimum Gasteiger partial charge on any atom is -0.611 e. The van der Waals surface area contributed by atoms with E-state index in [1.807, 2.05) is 30.3 Å². The second-order valence-corrected chi connectivity index (χ2v) is 7.98. The summed E-state index contributed by atoms with van der Waals surface area (Å²) in [5.74, 6) is 2.09. The molecule has 0 spiro atoms. The number of hydrogen-bond donors (Lipinski definition) is 1. The van der Waals surface area contributed by atoms with Gasteiger partial charge in [0.15, 0.2) is 16.4 Å². The van der Waals surface area contributed by atoms with Gasteiger partial charge < -0.3 is 9.54 Å². The fourth-order valence-corrected chi connectivity index (χ4v) is 4.30. The zero-order valence-corrected chi connectivity index (χ0v) is 14.7. The normalized spacial score (nSPS) is 15.4. The summed E-state index contributed by atoms with van der Waals surface area (Å²) >= 11 is -0.978. The predicted octanol–water partition coefficient (Wildman–Crippen LogP) is 2.72. The van der Waals surface area contributed by atoms with Crippen molar-refractivity contribution in [2.24, 2.45) is 5.92 Å². The number of nitrogens with zero attached hydrogens (tertiary/aromatic N) is 5. The fourth-order valence-electron chi connectivity index (χ4n) is 2.92. The number of H-pyrrole nitrogens is 1. The van der Waals surface area contributed by atoms with Gasteiger partial charge in [-0.05, 0) is 48.3 Å². The first kappa shape index (κ1) is 15.5. The van der Waals surface area contributed by atoms with Gasteiger partial charge in [0.1, 0.15) is 12.1 Å². The monoisotopic (exact) mass is 364 g/mol. The quantitative estimate of drug-likeness (QED) is 0.549. The first-order chi connectivity index (χ1) is 12.8. The second kappa shape index (κ2) is 6.22. The molecule has 0 radical (unpaired) electrons. The van der Waals surface area contributed by atoms with Crippen LogP contribution in [0.3, 0.4) is 0 Å². The Labute approximate surface area is 152 Å². The highest BCUT2D eigenvalue weighted by atomic mass is 32.2. The Bertz CT molecular complexity index is 1040. The van der Waals surface area contributed by atoms with Crippen LogP contribution in [0.15, 0.2) is 53.9 Å². The zero-order chi connectivity index (χ0) is 17.5. The lowest BCUT2D eigenvalue weighted by atomic mass is 10.2. The number of aromatic nitrogens is 6. The lowest BCUT2D eigenvalue weighted by Crippen LogP contribution is -2.09. The maximum atomic E-state index is 12.4. The van der Waals surface area contributed by atoms with Gasteiger partial charge in [-0.1, -0.05) is 0 Å². The molecule has 1 N–H and O–H groups in total. The van der Waals surface area contributed by atoms with E-state index in [0.29, 0.717) is 5.92 Å². The largest absolute Gasteiger partial charge is 0.611 e. The van der Waals surface area contributed by atoms with Gasteiger partial charge in [0, 0.05) is 22.9 Å². The average Bonchev–Trinajstić information content (AvgIpc) is 3.17. The van der Waals surface area contributed by atoms with Crippen LogP contribution >= 0.6 is 0 Å². The zero-order valence-electron chi connectivity index (χ0n) is 13.9. The van der Waals surface area contributed by atoms with E-state index in [2.05, 4.69) is 25.3 Å². The summed E-state index contributed by atoms with van der Waals surface area (Å²) < 4.78 is 14.2. The van der Waals surface area contributed by atoms with Crippen LogP contribution in [0.1, 0.15) is 12.8 Å². The summed E-state index contributed by atoms with van der Waals surface area (Å²) in [6.45, 7) is 0. The topological polar surface area (TPSA) is 95.3 Å². The number of hydrogen-bond acceptors (Lipinski definition) is 5. The van der Waals surface area contributed by atoms with E-state index in [0.717, 1.165) is 38.8 Å². The van der Waals surface area contributed by atoms with Crippen molar-refractivity contribution in [1.29, 1.82) is 0 Å². The number of benzene rings is 1. The molecule has 130 valence electrons. The lowest BCUT2D eigenvalue weighted by Gasteiger charge is -2.09. The average molecular weight is 364 g/mol. The van der Waals surface area contributed by atoms with Gasteiger partial charge in [-0.2, -0.15) is 5.10 Å². The second-order valence-electron chi connectivity index (χ2n) is 6.48. The molecule has 3 aromatic heterocycles. The van der Waals surface area contributed by atoms with E-state index in [9.17, 15) is 4.55 Å². The Morgan fingerprint density at radius 2 is 2.04 bits per heavy atom. The highest BCUT2D eigenvalue weighted by molar-refractivity contribution is 7.91. The summed E-state index contributed by atoms with van der Waals surface area (Å²) in [6, 6.07) is 9.79. The van der Waals surface area contributed by atoms with Crippen molar-refractivity contribution < 1.29 is 4.55 Å². The number of nitrogens with one attached hydrogen (secondary N) is 1. The highest BCUT2D eigenvalue weighted by Gasteiger charge is 2.28. The Morgan fingerprint density at radius 3 is 2.77 bits per heavy atom. The van der Waals surface area contributed by atoms with Gasteiger partial charge in [-0.3, -0.25) is 0 Å². The Morgan fingerprint density at radius 1 is 1.19 bits per heavy atom. The van der Waals surface area contributed by atoms with Crippen LogP contribution in [-0.4, -0.2) is 40.3 Å². The lowest BCUT2D eigenvalue weighted by molar-refractivity contribution is 0.591. The molecule has 0 aliphatic heterocycles. The van der Waals surface area contributed by atoms with E-state index >= 15 is 0 Å². The fraction of sp³-hybridized carbons (Fsp3) is 0.222. The van der Waals surface area contributed by atoms with Crippen LogP contribution in [-0.2, 0) is 11.2 Å². The van der Waals surface area contributed by atoms with Gasteiger partial charge in [0.2, 0.25) is 0 Å². The van der Waals surface area contributed by atoms with E-state index in [-0.39, 0.29) is 0 Å². The third-order valence-electron chi connectivity index (χ3n) is 4.53. The van der Waals surface area contributed by atoms with Crippen LogP contribution in [0.5, 0.6) is 0 Å². The molecule has 4 aromatic rings. The molecular weight excluding hydrogens is 348 g/mol. The summed E-state index contributed by atoms with van der Waals surface area (Å²) in [5.41, 5.74) is 2.61. The first-order valence-corrected chi connectivity index (χ1v) is 9.79. The van der Waals surface area contributed by atoms with Crippen molar-refractivity contribution in [1.82, 2.24) is 29.9 Å². The molecule has 5 rings (SSSR count). The molecule has 3 heterocycles. The molecule has 1 aliphatic carbocycles. The van der Waals surface area contributed by atoms with Crippen molar-refractivity contribution >= 4 is 22.2 Å².